The maximum absolute atomic E-state index is 4.63. The second-order valence-corrected chi connectivity index (χ2v) is 5.93. The number of hydrogen-bond acceptors (Lipinski definition) is 3. The monoisotopic (exact) mass is 364 g/mol. The molecule has 0 unspecified atom stereocenters. The van der Waals surface area contributed by atoms with E-state index in [-0.39, 0.29) is 0 Å². The Labute approximate surface area is 139 Å². The van der Waals surface area contributed by atoms with Gasteiger partial charge in [-0.05, 0) is 24.6 Å². The Balaban J connectivity index is 2.05. The summed E-state index contributed by atoms with van der Waals surface area (Å²) in [6.07, 6.45) is 1.68. The van der Waals surface area contributed by atoms with Crippen molar-refractivity contribution in [1.82, 2.24) is 25.0 Å². The molecule has 0 saturated carbocycles. The van der Waals surface area contributed by atoms with Crippen LogP contribution in [0.4, 0.5) is 0 Å². The van der Waals surface area contributed by atoms with Gasteiger partial charge in [-0.15, -0.1) is 10.2 Å². The molecule has 2 aromatic rings. The minimum absolute atomic E-state index is 0.503. The number of aromatic nitrogens is 3. The summed E-state index contributed by atoms with van der Waals surface area (Å²) in [5, 5.41) is 11.2. The molecular weight excluding hydrogens is 344 g/mol. The van der Waals surface area contributed by atoms with Gasteiger partial charge in [-0.2, -0.15) is 0 Å². The number of aliphatic imine (C=N–C) groups is 1. The first-order chi connectivity index (χ1) is 10.6. The van der Waals surface area contributed by atoms with Crippen molar-refractivity contribution in [3.05, 3.63) is 46.5 Å². The first-order valence-electron chi connectivity index (χ1n) is 7.17. The fraction of sp³-hybridized carbons (Fsp3) is 0.400. The number of benzene rings is 1. The van der Waals surface area contributed by atoms with E-state index in [2.05, 4.69) is 60.4 Å². The minimum atomic E-state index is 0.503. The molecule has 0 aliphatic heterocycles. The standard InChI is InChI=1S/C15H21BrN6/c1-4-17-15(18-9-14-20-19-11-22(14)3)21(2)10-12-5-7-13(16)8-6-12/h5-8,11H,4,9-10H2,1-3H3,(H,17,18). The number of nitrogens with one attached hydrogen (secondary N) is 1. The van der Waals surface area contributed by atoms with E-state index in [1.165, 1.54) is 5.56 Å². The van der Waals surface area contributed by atoms with E-state index in [1.54, 1.807) is 6.33 Å². The molecule has 1 N–H and O–H groups in total. The molecule has 6 nitrogen and oxygen atoms in total. The third-order valence-electron chi connectivity index (χ3n) is 3.20. The Hall–Kier alpha value is -1.89. The van der Waals surface area contributed by atoms with Gasteiger partial charge >= 0.3 is 0 Å². The molecule has 0 bridgehead atoms. The Morgan fingerprint density at radius 3 is 2.68 bits per heavy atom. The maximum atomic E-state index is 4.63. The zero-order valence-electron chi connectivity index (χ0n) is 13.1. The highest BCUT2D eigenvalue weighted by Gasteiger charge is 2.07. The van der Waals surface area contributed by atoms with Gasteiger partial charge in [-0.3, -0.25) is 0 Å². The molecule has 0 aliphatic carbocycles. The van der Waals surface area contributed by atoms with Crippen LogP contribution in [0.2, 0.25) is 0 Å². The van der Waals surface area contributed by atoms with Crippen LogP contribution in [0.3, 0.4) is 0 Å². The molecule has 0 atom stereocenters. The first-order valence-corrected chi connectivity index (χ1v) is 7.96. The van der Waals surface area contributed by atoms with Crippen LogP contribution >= 0.6 is 15.9 Å². The van der Waals surface area contributed by atoms with Gasteiger partial charge in [0.15, 0.2) is 11.8 Å². The van der Waals surface area contributed by atoms with E-state index in [9.17, 15) is 0 Å². The van der Waals surface area contributed by atoms with Gasteiger partial charge < -0.3 is 14.8 Å². The summed E-state index contributed by atoms with van der Waals surface area (Å²) in [5.74, 6) is 1.70. The number of guanidine groups is 1. The Morgan fingerprint density at radius 1 is 1.36 bits per heavy atom. The molecule has 0 amide bonds. The van der Waals surface area contributed by atoms with Crippen molar-refractivity contribution in [1.29, 1.82) is 0 Å². The lowest BCUT2D eigenvalue weighted by Gasteiger charge is -2.22. The molecule has 1 heterocycles. The Bertz CT molecular complexity index is 619. The average molecular weight is 365 g/mol. The van der Waals surface area contributed by atoms with Crippen molar-refractivity contribution in [3.63, 3.8) is 0 Å². The van der Waals surface area contributed by atoms with E-state index >= 15 is 0 Å². The molecule has 118 valence electrons. The molecule has 0 radical (unpaired) electrons. The van der Waals surface area contributed by atoms with Crippen molar-refractivity contribution in [3.8, 4) is 0 Å². The minimum Gasteiger partial charge on any atom is -0.357 e. The van der Waals surface area contributed by atoms with Gasteiger partial charge in [-0.25, -0.2) is 4.99 Å². The molecular formula is C15H21BrN6. The quantitative estimate of drug-likeness (QED) is 0.652. The molecule has 0 saturated heterocycles. The molecule has 1 aromatic carbocycles. The SMILES string of the molecule is CCNC(=NCc1nncn1C)N(C)Cc1ccc(Br)cc1. The lowest BCUT2D eigenvalue weighted by Crippen LogP contribution is -2.38. The van der Waals surface area contributed by atoms with Crippen LogP contribution in [0.1, 0.15) is 18.3 Å². The van der Waals surface area contributed by atoms with Crippen LogP contribution in [0.15, 0.2) is 40.1 Å². The van der Waals surface area contributed by atoms with Gasteiger partial charge in [0.2, 0.25) is 0 Å². The molecule has 0 spiro atoms. The summed E-state index contributed by atoms with van der Waals surface area (Å²) in [5.41, 5.74) is 1.23. The lowest BCUT2D eigenvalue weighted by atomic mass is 10.2. The van der Waals surface area contributed by atoms with Crippen LogP contribution in [0, 0.1) is 0 Å². The highest BCUT2D eigenvalue weighted by molar-refractivity contribution is 9.10. The van der Waals surface area contributed by atoms with Gasteiger partial charge in [0.1, 0.15) is 12.9 Å². The second kappa shape index (κ2) is 7.93. The molecule has 0 aliphatic rings. The van der Waals surface area contributed by atoms with E-state index in [4.69, 9.17) is 0 Å². The van der Waals surface area contributed by atoms with E-state index < -0.39 is 0 Å². The Kier molecular flexibility index (Phi) is 5.94. The highest BCUT2D eigenvalue weighted by atomic mass is 79.9. The normalized spacial score (nSPS) is 11.5. The highest BCUT2D eigenvalue weighted by Crippen LogP contribution is 2.12. The largest absolute Gasteiger partial charge is 0.357 e. The topological polar surface area (TPSA) is 58.3 Å². The lowest BCUT2D eigenvalue weighted by molar-refractivity contribution is 0.476. The Morgan fingerprint density at radius 2 is 2.09 bits per heavy atom. The van der Waals surface area contributed by atoms with Crippen molar-refractivity contribution in [2.24, 2.45) is 12.0 Å². The van der Waals surface area contributed by atoms with Crippen LogP contribution in [0.25, 0.3) is 0 Å². The molecule has 2 rings (SSSR count). The summed E-state index contributed by atoms with van der Waals surface area (Å²) in [7, 11) is 3.95. The third-order valence-corrected chi connectivity index (χ3v) is 3.73. The summed E-state index contributed by atoms with van der Waals surface area (Å²) in [6, 6.07) is 8.30. The fourth-order valence-electron chi connectivity index (χ4n) is 2.00. The number of halogens is 1. The van der Waals surface area contributed by atoms with Crippen molar-refractivity contribution >= 4 is 21.9 Å². The molecule has 7 heteroatoms. The van der Waals surface area contributed by atoms with E-state index in [1.807, 2.05) is 30.8 Å². The molecule has 22 heavy (non-hydrogen) atoms. The summed E-state index contributed by atoms with van der Waals surface area (Å²) >= 11 is 3.45. The van der Waals surface area contributed by atoms with Crippen molar-refractivity contribution in [2.45, 2.75) is 20.0 Å². The van der Waals surface area contributed by atoms with Crippen molar-refractivity contribution in [2.75, 3.05) is 13.6 Å². The zero-order chi connectivity index (χ0) is 15.9. The third kappa shape index (κ3) is 4.56. The number of hydrogen-bond donors (Lipinski definition) is 1. The summed E-state index contributed by atoms with van der Waals surface area (Å²) < 4.78 is 2.96. The van der Waals surface area contributed by atoms with Crippen LogP contribution in [-0.2, 0) is 20.1 Å². The predicted molar refractivity (Wildman–Crippen MR) is 91.4 cm³/mol. The fourth-order valence-corrected chi connectivity index (χ4v) is 2.27. The van der Waals surface area contributed by atoms with Crippen LogP contribution in [-0.4, -0.2) is 39.2 Å². The van der Waals surface area contributed by atoms with Crippen LogP contribution < -0.4 is 5.32 Å². The van der Waals surface area contributed by atoms with Crippen LogP contribution in [0.5, 0.6) is 0 Å². The van der Waals surface area contributed by atoms with E-state index in [0.717, 1.165) is 29.3 Å². The zero-order valence-corrected chi connectivity index (χ0v) is 14.7. The number of aryl methyl sites for hydroxylation is 1. The number of rotatable bonds is 5. The first kappa shape index (κ1) is 16.5. The smallest absolute Gasteiger partial charge is 0.194 e. The van der Waals surface area contributed by atoms with Gasteiger partial charge in [0, 0.05) is 31.7 Å². The number of nitrogens with zero attached hydrogens (tertiary/aromatic N) is 5. The van der Waals surface area contributed by atoms with Gasteiger partial charge in [0.25, 0.3) is 0 Å². The van der Waals surface area contributed by atoms with Gasteiger partial charge in [-0.1, -0.05) is 28.1 Å². The maximum Gasteiger partial charge on any atom is 0.194 e. The molecule has 0 fully saturated rings. The summed E-state index contributed by atoms with van der Waals surface area (Å²) in [4.78, 5) is 6.73. The predicted octanol–water partition coefficient (Wildman–Crippen LogP) is 2.18. The molecule has 1 aromatic heterocycles. The summed E-state index contributed by atoms with van der Waals surface area (Å²) in [6.45, 7) is 4.18. The van der Waals surface area contributed by atoms with E-state index in [0.29, 0.717) is 6.54 Å². The van der Waals surface area contributed by atoms with Gasteiger partial charge in [0.05, 0.1) is 0 Å². The average Bonchev–Trinajstić information content (AvgIpc) is 2.91. The second-order valence-electron chi connectivity index (χ2n) is 5.01. The van der Waals surface area contributed by atoms with Crippen molar-refractivity contribution < 1.29 is 0 Å².